The topological polar surface area (TPSA) is 20.2 Å². The van der Waals surface area contributed by atoms with Crippen LogP contribution >= 0.6 is 112 Å². The minimum absolute atomic E-state index is 0.157. The number of rotatable bonds is 43. The lowest BCUT2D eigenvalue weighted by Gasteiger charge is -2.30. The van der Waals surface area contributed by atoms with Crippen LogP contribution in [0.3, 0.4) is 0 Å². The van der Waals surface area contributed by atoms with E-state index in [0.717, 1.165) is 67.5 Å². The van der Waals surface area contributed by atoms with Gasteiger partial charge in [0, 0.05) is 53.8 Å². The van der Waals surface area contributed by atoms with Gasteiger partial charge in [-0.15, -0.1) is 0 Å². The van der Waals surface area contributed by atoms with Crippen molar-refractivity contribution in [3.05, 3.63) is 308 Å². The zero-order valence-electron chi connectivity index (χ0n) is 74.3. The Kier molecular flexibility index (Phi) is 41.3. The normalized spacial score (nSPS) is 13.0. The van der Waals surface area contributed by atoms with E-state index in [2.05, 4.69) is 356 Å². The smallest absolute Gasteiger partial charge is 0.141 e. The predicted molar refractivity (Wildman–Crippen MR) is 547 cm³/mol. The van der Waals surface area contributed by atoms with Crippen LogP contribution in [0.2, 0.25) is 0 Å². The van der Waals surface area contributed by atoms with Gasteiger partial charge in [0.1, 0.15) is 5.60 Å². The van der Waals surface area contributed by atoms with Crippen molar-refractivity contribution in [1.29, 1.82) is 0 Å². The molecule has 1 N–H and O–H groups in total. The average Bonchev–Trinajstić information content (AvgIpc) is 1.56. The van der Waals surface area contributed by atoms with Crippen LogP contribution in [0.15, 0.2) is 213 Å². The highest BCUT2D eigenvalue weighted by Gasteiger charge is 2.45. The van der Waals surface area contributed by atoms with Crippen LogP contribution in [-0.2, 0) is 62.4 Å². The molecule has 0 aromatic heterocycles. The predicted octanol–water partition coefficient (Wildman–Crippen LogP) is 37.8. The summed E-state index contributed by atoms with van der Waals surface area (Å²) < 4.78 is 7.87. The van der Waals surface area contributed by atoms with Crippen LogP contribution in [0, 0.1) is 0 Å². The molecule has 0 unspecified atom stereocenters. The summed E-state index contributed by atoms with van der Waals surface area (Å²) in [6.07, 6.45) is 51.2. The molecule has 13 rings (SSSR count). The number of halogens is 7. The van der Waals surface area contributed by atoms with Crippen LogP contribution in [-0.4, -0.2) is 5.11 Å². The van der Waals surface area contributed by atoms with E-state index in [1.807, 2.05) is 0 Å². The summed E-state index contributed by atoms with van der Waals surface area (Å²) in [6, 6.07) is 68.8. The van der Waals surface area contributed by atoms with Gasteiger partial charge >= 0.3 is 0 Å². The lowest BCUT2D eigenvalue weighted by Crippen LogP contribution is -2.26. The first-order chi connectivity index (χ1) is 58.3. The highest BCUT2D eigenvalue weighted by Crippen LogP contribution is 2.56. The summed E-state index contributed by atoms with van der Waals surface area (Å²) in [4.78, 5) is 0. The van der Waals surface area contributed by atoms with Crippen LogP contribution in [0.5, 0.6) is 0 Å². The van der Waals surface area contributed by atoms with Gasteiger partial charge in [-0.05, 0) is 311 Å². The highest BCUT2D eigenvalue weighted by atomic mass is 79.9. The summed E-state index contributed by atoms with van der Waals surface area (Å²) in [7, 11) is 0. The Bertz CT molecular complexity index is 4390. The lowest BCUT2D eigenvalue weighted by atomic mass is 9.73. The lowest BCUT2D eigenvalue weighted by molar-refractivity contribution is 0.130. The first kappa shape index (κ1) is 97.7. The van der Waals surface area contributed by atoms with Gasteiger partial charge in [0.2, 0.25) is 0 Å². The molecule has 3 aliphatic carbocycles. The minimum atomic E-state index is -1.16. The summed E-state index contributed by atoms with van der Waals surface area (Å²) in [5, 5.41) is 12.5. The molecule has 0 atom stereocenters. The summed E-state index contributed by atoms with van der Waals surface area (Å²) in [5.41, 5.74) is 29.7. The highest BCUT2D eigenvalue weighted by molar-refractivity contribution is 9.11. The molecule has 1 nitrogen and oxygen atoms in total. The number of unbranched alkanes of at least 4 members (excludes halogenated alkanes) is 24. The van der Waals surface area contributed by atoms with Crippen molar-refractivity contribution in [2.45, 2.75) is 336 Å². The molecule has 0 amide bonds. The van der Waals surface area contributed by atoms with Crippen molar-refractivity contribution in [2.24, 2.45) is 0 Å². The van der Waals surface area contributed by atoms with E-state index in [-0.39, 0.29) is 5.41 Å². The van der Waals surface area contributed by atoms with Crippen molar-refractivity contribution < 1.29 is 5.11 Å². The van der Waals surface area contributed by atoms with Gasteiger partial charge in [-0.25, -0.2) is 0 Å². The monoisotopic (exact) mass is 2050 g/mol. The van der Waals surface area contributed by atoms with Gasteiger partial charge in [0.05, 0.1) is 0 Å². The standard InChI is InChI=1S/C32H38Br2.C31H36Br2O.C31H36Br2.C18H29Br/c1-4-6-8-10-12-23-18-24(13-11-9-7-5-2)20-25(19-23)32(3)30-21-26(33)14-16-28(30)29-17-15-27(34)22-31(29)32;1-3-5-7-9-11-22-17-23(12-10-8-6-4-2)19-24(18-22)31(34)29-20-25(32)13-15-27(29)28-16-14-26(33)21-30(28)31;1-3-5-7-9-11-22-17-23(12-10-8-6-4-2)19-24(18-22)31-29-20-25(32)13-15-27(29)28-16-14-26(33)21-30(28)31;1-3-5-7-9-11-16-13-17(15-18(19)14-16)12-10-8-6-4-2/h14-22H,4-13H2,1-3H3;13-21,34H,3-12H2,1-2H3;13-21,31H,3-12H2,1-2H3;13-15H,3-12H2,1-2H3. The third-order valence-electron chi connectivity index (χ3n) is 25.4. The SMILES string of the molecule is CCCCCCc1cc(Br)cc(CCCCCC)c1.CCCCCCc1cc(CCCCCC)cc(C2(C)c3cc(Br)ccc3-c3ccc(Br)cc32)c1.CCCCCCc1cc(CCCCCC)cc(C2(O)c3cc(Br)ccc3-c3ccc(Br)cc32)c1.CCCCCCc1cc(CCCCCC)cc(C2c3cc(Br)ccc3-c3ccc(Br)cc32)c1. The molecule has 0 heterocycles. The maximum atomic E-state index is 12.5. The Morgan fingerprint density at radius 3 is 0.725 bits per heavy atom. The van der Waals surface area contributed by atoms with Crippen molar-refractivity contribution >= 4 is 112 Å². The second kappa shape index (κ2) is 50.8. The molecule has 0 saturated carbocycles. The Morgan fingerprint density at radius 1 is 0.225 bits per heavy atom. The minimum Gasteiger partial charge on any atom is -0.376 e. The first-order valence-corrected chi connectivity index (χ1v) is 52.6. The third kappa shape index (κ3) is 27.3. The summed E-state index contributed by atoms with van der Waals surface area (Å²) in [5.74, 6) is 0.301. The second-order valence-electron chi connectivity index (χ2n) is 35.1. The quantitative estimate of drug-likeness (QED) is 0.0378. The molecule has 0 saturated heterocycles. The Morgan fingerprint density at radius 2 is 0.450 bits per heavy atom. The molecule has 10 aromatic rings. The Balaban J connectivity index is 0.000000171. The van der Waals surface area contributed by atoms with Crippen molar-refractivity contribution in [3.63, 3.8) is 0 Å². The van der Waals surface area contributed by atoms with E-state index in [4.69, 9.17) is 0 Å². The number of fused-ring (bicyclic) bond motifs is 9. The van der Waals surface area contributed by atoms with Gasteiger partial charge in [-0.3, -0.25) is 0 Å². The fraction of sp³-hybridized carbons (Fsp3) is 0.464. The van der Waals surface area contributed by atoms with E-state index in [1.54, 1.807) is 0 Å². The van der Waals surface area contributed by atoms with Crippen LogP contribution in [0.4, 0.5) is 0 Å². The molecule has 0 spiro atoms. The Labute approximate surface area is 786 Å². The third-order valence-corrected chi connectivity index (χ3v) is 28.8. The van der Waals surface area contributed by atoms with Crippen molar-refractivity contribution in [2.75, 3.05) is 0 Å². The fourth-order valence-corrected chi connectivity index (χ4v) is 21.6. The fourth-order valence-electron chi connectivity index (χ4n) is 18.8. The maximum absolute atomic E-state index is 12.5. The molecule has 0 aliphatic heterocycles. The van der Waals surface area contributed by atoms with Crippen LogP contribution < -0.4 is 0 Å². The molecule has 0 fully saturated rings. The molecular formula is C112H139Br7O. The van der Waals surface area contributed by atoms with Crippen molar-refractivity contribution in [1.82, 2.24) is 0 Å². The molecule has 3 aliphatic rings. The number of benzene rings is 10. The zero-order valence-corrected chi connectivity index (χ0v) is 85.4. The number of aliphatic hydroxyl groups is 1. The largest absolute Gasteiger partial charge is 0.376 e. The van der Waals surface area contributed by atoms with Gasteiger partial charge in [0.15, 0.2) is 0 Å². The molecular weight excluding hydrogens is 1920 g/mol. The van der Waals surface area contributed by atoms with E-state index in [9.17, 15) is 5.11 Å². The van der Waals surface area contributed by atoms with Gasteiger partial charge in [-0.1, -0.05) is 418 Å². The van der Waals surface area contributed by atoms with E-state index >= 15 is 0 Å². The van der Waals surface area contributed by atoms with Crippen LogP contribution in [0.25, 0.3) is 33.4 Å². The maximum Gasteiger partial charge on any atom is 0.141 e. The van der Waals surface area contributed by atoms with Crippen LogP contribution in [0.1, 0.15) is 368 Å². The number of hydrogen-bond acceptors (Lipinski definition) is 1. The molecule has 642 valence electrons. The second-order valence-corrected chi connectivity index (χ2v) is 41.5. The molecule has 120 heavy (non-hydrogen) atoms. The van der Waals surface area contributed by atoms with E-state index in [1.165, 1.54) is 349 Å². The molecule has 10 aromatic carbocycles. The Hall–Kier alpha value is -4.48. The number of hydrogen-bond donors (Lipinski definition) is 1. The molecule has 0 radical (unpaired) electrons. The molecule has 0 bridgehead atoms. The van der Waals surface area contributed by atoms with E-state index < -0.39 is 5.60 Å². The van der Waals surface area contributed by atoms with Gasteiger partial charge in [-0.2, -0.15) is 0 Å². The van der Waals surface area contributed by atoms with Gasteiger partial charge in [0.25, 0.3) is 0 Å². The zero-order chi connectivity index (χ0) is 85.4. The summed E-state index contributed by atoms with van der Waals surface area (Å²) >= 11 is 26.0. The van der Waals surface area contributed by atoms with Gasteiger partial charge < -0.3 is 5.11 Å². The summed E-state index contributed by atoms with van der Waals surface area (Å²) in [6.45, 7) is 20.7. The average molecular weight is 2060 g/mol. The molecule has 8 heteroatoms. The van der Waals surface area contributed by atoms with E-state index in [0.29, 0.717) is 5.92 Å². The first-order valence-electron chi connectivity index (χ1n) is 47.0. The number of aryl methyl sites for hydroxylation is 8. The van der Waals surface area contributed by atoms with Crippen molar-refractivity contribution in [3.8, 4) is 33.4 Å².